The zero-order chi connectivity index (χ0) is 25.5. The largest absolute Gasteiger partial charge is 0.465 e. The molecule has 2 aromatic carbocycles. The summed E-state index contributed by atoms with van der Waals surface area (Å²) in [5.74, 6) is -1.41. The van der Waals surface area contributed by atoms with Crippen LogP contribution in [0, 0.1) is 12.8 Å². The summed E-state index contributed by atoms with van der Waals surface area (Å²) in [6.07, 6.45) is 1.55. The van der Waals surface area contributed by atoms with E-state index < -0.39 is 17.9 Å². The minimum Gasteiger partial charge on any atom is -0.465 e. The van der Waals surface area contributed by atoms with Gasteiger partial charge in [0.1, 0.15) is 12.6 Å². The number of rotatable bonds is 9. The van der Waals surface area contributed by atoms with E-state index in [1.807, 2.05) is 49.6 Å². The van der Waals surface area contributed by atoms with Gasteiger partial charge in [0.15, 0.2) is 0 Å². The Hall–Kier alpha value is -3.65. The smallest absolute Gasteiger partial charge is 0.325 e. The van der Waals surface area contributed by atoms with Gasteiger partial charge >= 0.3 is 5.97 Å². The zero-order valence-electron chi connectivity index (χ0n) is 20.2. The molecule has 0 saturated carbocycles. The second-order valence-corrected chi connectivity index (χ2v) is 8.72. The van der Waals surface area contributed by atoms with Crippen LogP contribution in [-0.4, -0.2) is 41.2 Å². The number of nitrogens with zero attached hydrogens (tertiary/aromatic N) is 2. The SMILES string of the molecule is CCOC(=O)Cn1c(C)c(/C=N\NC(=O)C(NC(=O)c2ccccc2Cl)C(C)C)c2ccccc21. The number of aromatic nitrogens is 1. The van der Waals surface area contributed by atoms with Gasteiger partial charge in [-0.05, 0) is 38.0 Å². The van der Waals surface area contributed by atoms with E-state index in [0.29, 0.717) is 17.2 Å². The molecule has 0 spiro atoms. The number of fused-ring (bicyclic) bond motifs is 1. The number of ether oxygens (including phenoxy) is 1. The number of amides is 2. The van der Waals surface area contributed by atoms with Gasteiger partial charge in [0.2, 0.25) is 0 Å². The van der Waals surface area contributed by atoms with Crippen molar-refractivity contribution in [2.24, 2.45) is 11.0 Å². The van der Waals surface area contributed by atoms with Gasteiger partial charge in [0.05, 0.1) is 23.4 Å². The predicted octanol–water partition coefficient (Wildman–Crippen LogP) is 4.07. The third-order valence-electron chi connectivity index (χ3n) is 5.59. The maximum atomic E-state index is 12.9. The molecule has 0 bridgehead atoms. The normalized spacial score (nSPS) is 12.2. The molecule has 35 heavy (non-hydrogen) atoms. The van der Waals surface area contributed by atoms with Crippen LogP contribution in [0.4, 0.5) is 0 Å². The zero-order valence-corrected chi connectivity index (χ0v) is 20.9. The van der Waals surface area contributed by atoms with Crippen LogP contribution in [0.15, 0.2) is 53.6 Å². The van der Waals surface area contributed by atoms with Crippen molar-refractivity contribution >= 4 is 46.5 Å². The predicted molar refractivity (Wildman–Crippen MR) is 137 cm³/mol. The Morgan fingerprint density at radius 2 is 1.80 bits per heavy atom. The van der Waals surface area contributed by atoms with Crippen molar-refractivity contribution in [1.82, 2.24) is 15.3 Å². The number of nitrogens with one attached hydrogen (secondary N) is 2. The quantitative estimate of drug-likeness (QED) is 0.265. The van der Waals surface area contributed by atoms with Gasteiger partial charge in [-0.25, -0.2) is 5.43 Å². The molecule has 1 atom stereocenters. The summed E-state index contributed by atoms with van der Waals surface area (Å²) in [6, 6.07) is 13.5. The number of benzene rings is 2. The molecule has 3 aromatic rings. The van der Waals surface area contributed by atoms with Crippen LogP contribution in [0.25, 0.3) is 10.9 Å². The number of hydrazone groups is 1. The van der Waals surface area contributed by atoms with E-state index in [1.165, 1.54) is 0 Å². The lowest BCUT2D eigenvalue weighted by Gasteiger charge is -2.20. The molecular formula is C26H29ClN4O4. The van der Waals surface area contributed by atoms with Crippen LogP contribution in [-0.2, 0) is 20.9 Å². The third kappa shape index (κ3) is 6.08. The molecule has 2 N–H and O–H groups in total. The second-order valence-electron chi connectivity index (χ2n) is 8.32. The second kappa shape index (κ2) is 11.7. The first kappa shape index (κ1) is 26.0. The lowest BCUT2D eigenvalue weighted by Crippen LogP contribution is -2.48. The van der Waals surface area contributed by atoms with Gasteiger partial charge in [0.25, 0.3) is 11.8 Å². The molecule has 0 radical (unpaired) electrons. The molecule has 9 heteroatoms. The summed E-state index contributed by atoms with van der Waals surface area (Å²) in [7, 11) is 0. The number of hydrogen-bond acceptors (Lipinski definition) is 5. The highest BCUT2D eigenvalue weighted by atomic mass is 35.5. The minimum absolute atomic E-state index is 0.0733. The van der Waals surface area contributed by atoms with Gasteiger partial charge in [-0.1, -0.05) is 55.8 Å². The Labute approximate surface area is 209 Å². The van der Waals surface area contributed by atoms with E-state index in [2.05, 4.69) is 15.8 Å². The topological polar surface area (TPSA) is 102 Å². The fourth-order valence-corrected chi connectivity index (χ4v) is 4.01. The highest BCUT2D eigenvalue weighted by Crippen LogP contribution is 2.24. The van der Waals surface area contributed by atoms with Gasteiger partial charge in [-0.2, -0.15) is 5.10 Å². The molecular weight excluding hydrogens is 468 g/mol. The Morgan fingerprint density at radius 3 is 2.49 bits per heavy atom. The summed E-state index contributed by atoms with van der Waals surface area (Å²) in [5, 5.41) is 8.08. The molecule has 1 heterocycles. The van der Waals surface area contributed by atoms with Crippen molar-refractivity contribution in [2.75, 3.05) is 6.61 Å². The molecule has 8 nitrogen and oxygen atoms in total. The molecule has 0 aliphatic heterocycles. The number of esters is 1. The molecule has 2 amide bonds. The maximum absolute atomic E-state index is 12.9. The van der Waals surface area contributed by atoms with Crippen molar-refractivity contribution in [3.05, 3.63) is 70.4 Å². The molecule has 1 unspecified atom stereocenters. The first-order chi connectivity index (χ1) is 16.7. The Balaban J connectivity index is 1.78. The molecule has 0 fully saturated rings. The van der Waals surface area contributed by atoms with Crippen LogP contribution < -0.4 is 10.7 Å². The summed E-state index contributed by atoms with van der Waals surface area (Å²) in [4.78, 5) is 37.6. The van der Waals surface area contributed by atoms with Crippen molar-refractivity contribution in [3.8, 4) is 0 Å². The van der Waals surface area contributed by atoms with E-state index >= 15 is 0 Å². The fourth-order valence-electron chi connectivity index (χ4n) is 3.79. The highest BCUT2D eigenvalue weighted by Gasteiger charge is 2.25. The van der Waals surface area contributed by atoms with E-state index in [1.54, 1.807) is 37.4 Å². The Kier molecular flexibility index (Phi) is 8.65. The average molecular weight is 497 g/mol. The molecule has 184 valence electrons. The number of halogens is 1. The summed E-state index contributed by atoms with van der Waals surface area (Å²) >= 11 is 6.11. The summed E-state index contributed by atoms with van der Waals surface area (Å²) in [6.45, 7) is 7.68. The lowest BCUT2D eigenvalue weighted by atomic mass is 10.0. The minimum atomic E-state index is -0.817. The monoisotopic (exact) mass is 496 g/mol. The van der Waals surface area contributed by atoms with Crippen LogP contribution in [0.5, 0.6) is 0 Å². The number of carbonyl (C=O) groups is 3. The van der Waals surface area contributed by atoms with E-state index in [-0.39, 0.29) is 18.4 Å². The van der Waals surface area contributed by atoms with Crippen molar-refractivity contribution in [3.63, 3.8) is 0 Å². The number of hydrogen-bond donors (Lipinski definition) is 2. The first-order valence-electron chi connectivity index (χ1n) is 11.4. The number of carbonyl (C=O) groups excluding carboxylic acids is 3. The molecule has 0 aliphatic carbocycles. The van der Waals surface area contributed by atoms with Crippen LogP contribution in [0.3, 0.4) is 0 Å². The molecule has 1 aromatic heterocycles. The average Bonchev–Trinajstić information content (AvgIpc) is 3.08. The highest BCUT2D eigenvalue weighted by molar-refractivity contribution is 6.33. The summed E-state index contributed by atoms with van der Waals surface area (Å²) in [5.41, 5.74) is 5.26. The van der Waals surface area contributed by atoms with Crippen molar-refractivity contribution in [1.29, 1.82) is 0 Å². The maximum Gasteiger partial charge on any atom is 0.325 e. The van der Waals surface area contributed by atoms with Crippen molar-refractivity contribution in [2.45, 2.75) is 40.3 Å². The van der Waals surface area contributed by atoms with Crippen LogP contribution in [0.2, 0.25) is 5.02 Å². The summed E-state index contributed by atoms with van der Waals surface area (Å²) < 4.78 is 6.96. The lowest BCUT2D eigenvalue weighted by molar-refractivity contribution is -0.143. The van der Waals surface area contributed by atoms with Crippen molar-refractivity contribution < 1.29 is 19.1 Å². The number of para-hydroxylation sites is 1. The Bertz CT molecular complexity index is 1270. The third-order valence-corrected chi connectivity index (χ3v) is 5.92. The van der Waals surface area contributed by atoms with Crippen LogP contribution >= 0.6 is 11.6 Å². The first-order valence-corrected chi connectivity index (χ1v) is 11.7. The molecule has 0 aliphatic rings. The fraction of sp³-hybridized carbons (Fsp3) is 0.308. The molecule has 0 saturated heterocycles. The van der Waals surface area contributed by atoms with Gasteiger partial charge in [-0.15, -0.1) is 0 Å². The van der Waals surface area contributed by atoms with E-state index in [9.17, 15) is 14.4 Å². The van der Waals surface area contributed by atoms with E-state index in [0.717, 1.165) is 22.2 Å². The van der Waals surface area contributed by atoms with Crippen LogP contribution in [0.1, 0.15) is 42.4 Å². The van der Waals surface area contributed by atoms with Gasteiger partial charge in [0, 0.05) is 22.2 Å². The standard InChI is InChI=1S/C26H29ClN4O4/c1-5-35-23(32)15-31-17(4)20(18-10-7-9-13-22(18)31)14-28-30-26(34)24(16(2)3)29-25(33)19-11-6-8-12-21(19)27/h6-14,16,24H,5,15H2,1-4H3,(H,29,33)(H,30,34)/b28-14-. The van der Waals surface area contributed by atoms with Gasteiger partial charge < -0.3 is 14.6 Å². The molecule has 3 rings (SSSR count). The van der Waals surface area contributed by atoms with Gasteiger partial charge in [-0.3, -0.25) is 14.4 Å². The Morgan fingerprint density at radius 1 is 1.11 bits per heavy atom. The van der Waals surface area contributed by atoms with E-state index in [4.69, 9.17) is 16.3 Å².